The Hall–Kier alpha value is -0.820. The predicted octanol–water partition coefficient (Wildman–Crippen LogP) is 1.79. The van der Waals surface area contributed by atoms with Crippen molar-refractivity contribution >= 4 is 16.0 Å². The van der Waals surface area contributed by atoms with E-state index in [4.69, 9.17) is 0 Å². The zero-order valence-corrected chi connectivity index (χ0v) is 15.7. The summed E-state index contributed by atoms with van der Waals surface area (Å²) in [6, 6.07) is 0.390. The maximum Gasteiger partial charge on any atom is 0.211 e. The second-order valence-corrected chi connectivity index (χ2v) is 7.63. The molecule has 0 spiro atoms. The van der Waals surface area contributed by atoms with Crippen LogP contribution in [0.25, 0.3) is 0 Å². The van der Waals surface area contributed by atoms with Gasteiger partial charge in [0, 0.05) is 32.7 Å². The van der Waals surface area contributed by atoms with E-state index < -0.39 is 10.0 Å². The van der Waals surface area contributed by atoms with Crippen LogP contribution < -0.4 is 10.6 Å². The number of unbranched alkanes of at least 4 members (excludes halogenated alkanes) is 2. The van der Waals surface area contributed by atoms with E-state index in [1.54, 1.807) is 7.05 Å². The summed E-state index contributed by atoms with van der Waals surface area (Å²) >= 11 is 0. The number of hydrogen-bond donors (Lipinski definition) is 2. The normalized spacial score (nSPS) is 14.2. The van der Waals surface area contributed by atoms with Gasteiger partial charge in [0.2, 0.25) is 10.0 Å². The van der Waals surface area contributed by atoms with Crippen molar-refractivity contribution in [2.45, 2.75) is 58.9 Å². The van der Waals surface area contributed by atoms with Crippen LogP contribution in [-0.4, -0.2) is 57.7 Å². The highest BCUT2D eigenvalue weighted by atomic mass is 32.2. The van der Waals surface area contributed by atoms with Gasteiger partial charge in [-0.1, -0.05) is 33.1 Å². The molecule has 6 nitrogen and oxygen atoms in total. The van der Waals surface area contributed by atoms with Crippen LogP contribution in [0.3, 0.4) is 0 Å². The Balaban J connectivity index is 4.01. The monoisotopic (exact) mass is 334 g/mol. The molecule has 0 aromatic heterocycles. The van der Waals surface area contributed by atoms with Crippen LogP contribution in [0.4, 0.5) is 0 Å². The highest BCUT2D eigenvalue weighted by Gasteiger charge is 2.13. The van der Waals surface area contributed by atoms with Gasteiger partial charge in [-0.2, -0.15) is 0 Å². The molecule has 0 aromatic rings. The quantitative estimate of drug-likeness (QED) is 0.343. The largest absolute Gasteiger partial charge is 0.356 e. The maximum atomic E-state index is 11.5. The smallest absolute Gasteiger partial charge is 0.211 e. The first-order valence-corrected chi connectivity index (χ1v) is 10.1. The van der Waals surface area contributed by atoms with E-state index in [0.717, 1.165) is 18.8 Å². The molecule has 0 fully saturated rings. The van der Waals surface area contributed by atoms with Crippen molar-refractivity contribution in [3.8, 4) is 0 Å². The third-order valence-electron chi connectivity index (χ3n) is 3.55. The Morgan fingerprint density at radius 1 is 1.23 bits per heavy atom. The standard InChI is InChI=1S/C15H34N4O2S/c1-6-8-9-11-14(3)18-15(16-4)17-12-10-13-19(7-2)22(5,20)21/h14H,6-13H2,1-5H3,(H2,16,17,18). The minimum absolute atomic E-state index is 0.390. The van der Waals surface area contributed by atoms with E-state index in [1.165, 1.54) is 29.8 Å². The fraction of sp³-hybridized carbons (Fsp3) is 0.933. The third kappa shape index (κ3) is 10.00. The Labute approximate surface area is 136 Å². The fourth-order valence-corrected chi connectivity index (χ4v) is 3.15. The number of nitrogens with one attached hydrogen (secondary N) is 2. The van der Waals surface area contributed by atoms with Crippen LogP contribution >= 0.6 is 0 Å². The van der Waals surface area contributed by atoms with Crippen LogP contribution in [0.5, 0.6) is 0 Å². The average Bonchev–Trinajstić information content (AvgIpc) is 2.44. The first-order valence-electron chi connectivity index (χ1n) is 8.27. The van der Waals surface area contributed by atoms with Gasteiger partial charge < -0.3 is 10.6 Å². The molecule has 0 heterocycles. The SMILES string of the molecule is CCCCCC(C)NC(=NC)NCCCN(CC)S(C)(=O)=O. The number of rotatable bonds is 11. The molecule has 0 aliphatic heterocycles. The maximum absolute atomic E-state index is 11.5. The molecule has 1 atom stereocenters. The molecule has 22 heavy (non-hydrogen) atoms. The second kappa shape index (κ2) is 11.7. The molecule has 0 saturated heterocycles. The molecule has 0 saturated carbocycles. The average molecular weight is 335 g/mol. The topological polar surface area (TPSA) is 73.8 Å². The van der Waals surface area contributed by atoms with Crippen molar-refractivity contribution in [1.29, 1.82) is 0 Å². The van der Waals surface area contributed by atoms with Gasteiger partial charge in [-0.25, -0.2) is 12.7 Å². The fourth-order valence-electron chi connectivity index (χ4n) is 2.22. The lowest BCUT2D eigenvalue weighted by molar-refractivity contribution is 0.423. The molecule has 0 radical (unpaired) electrons. The molecule has 0 bridgehead atoms. The van der Waals surface area contributed by atoms with Crippen molar-refractivity contribution in [2.75, 3.05) is 32.9 Å². The van der Waals surface area contributed by atoms with Gasteiger partial charge >= 0.3 is 0 Å². The molecule has 0 rings (SSSR count). The molecular formula is C15H34N4O2S. The Morgan fingerprint density at radius 3 is 2.41 bits per heavy atom. The van der Waals surface area contributed by atoms with Gasteiger partial charge in [0.1, 0.15) is 0 Å². The summed E-state index contributed by atoms with van der Waals surface area (Å²) in [6.07, 6.45) is 6.85. The van der Waals surface area contributed by atoms with E-state index in [9.17, 15) is 8.42 Å². The van der Waals surface area contributed by atoms with Crippen LogP contribution in [0.1, 0.15) is 52.9 Å². The lowest BCUT2D eigenvalue weighted by atomic mass is 10.1. The van der Waals surface area contributed by atoms with Gasteiger partial charge in [0.25, 0.3) is 0 Å². The summed E-state index contributed by atoms with van der Waals surface area (Å²) in [4.78, 5) is 4.20. The van der Waals surface area contributed by atoms with Crippen molar-refractivity contribution in [1.82, 2.24) is 14.9 Å². The highest BCUT2D eigenvalue weighted by molar-refractivity contribution is 7.88. The van der Waals surface area contributed by atoms with E-state index in [1.807, 2.05) is 6.92 Å². The number of sulfonamides is 1. The predicted molar refractivity (Wildman–Crippen MR) is 94.8 cm³/mol. The van der Waals surface area contributed by atoms with Gasteiger partial charge in [0.05, 0.1) is 6.26 Å². The van der Waals surface area contributed by atoms with Gasteiger partial charge in [-0.3, -0.25) is 4.99 Å². The molecule has 1 unspecified atom stereocenters. The molecule has 132 valence electrons. The number of guanidine groups is 1. The van der Waals surface area contributed by atoms with E-state index >= 15 is 0 Å². The zero-order valence-electron chi connectivity index (χ0n) is 14.9. The molecule has 0 aliphatic rings. The van der Waals surface area contributed by atoms with Crippen molar-refractivity contribution in [3.05, 3.63) is 0 Å². The lowest BCUT2D eigenvalue weighted by Crippen LogP contribution is -2.43. The molecule has 2 N–H and O–H groups in total. The molecule has 0 aliphatic carbocycles. The van der Waals surface area contributed by atoms with Crippen LogP contribution in [0, 0.1) is 0 Å². The van der Waals surface area contributed by atoms with E-state index in [0.29, 0.717) is 25.7 Å². The molecular weight excluding hydrogens is 300 g/mol. The molecule has 0 aromatic carbocycles. The van der Waals surface area contributed by atoms with Crippen molar-refractivity contribution < 1.29 is 8.42 Å². The van der Waals surface area contributed by atoms with Gasteiger partial charge in [-0.15, -0.1) is 0 Å². The minimum atomic E-state index is -3.09. The summed E-state index contributed by atoms with van der Waals surface area (Å²) < 4.78 is 24.5. The number of hydrogen-bond acceptors (Lipinski definition) is 3. The first-order chi connectivity index (χ1) is 10.3. The zero-order chi connectivity index (χ0) is 17.0. The van der Waals surface area contributed by atoms with Gasteiger partial charge in [0.15, 0.2) is 5.96 Å². The van der Waals surface area contributed by atoms with Crippen molar-refractivity contribution in [3.63, 3.8) is 0 Å². The highest BCUT2D eigenvalue weighted by Crippen LogP contribution is 2.02. The van der Waals surface area contributed by atoms with Crippen LogP contribution in [0.2, 0.25) is 0 Å². The summed E-state index contributed by atoms with van der Waals surface area (Å²) in [7, 11) is -1.34. The van der Waals surface area contributed by atoms with Crippen LogP contribution in [0.15, 0.2) is 4.99 Å². The Morgan fingerprint density at radius 2 is 1.91 bits per heavy atom. The number of nitrogens with zero attached hydrogens (tertiary/aromatic N) is 2. The van der Waals surface area contributed by atoms with E-state index in [-0.39, 0.29) is 0 Å². The third-order valence-corrected chi connectivity index (χ3v) is 4.92. The number of aliphatic imine (C=N–C) groups is 1. The van der Waals surface area contributed by atoms with Gasteiger partial charge in [-0.05, 0) is 19.8 Å². The molecule has 7 heteroatoms. The second-order valence-electron chi connectivity index (χ2n) is 5.65. The van der Waals surface area contributed by atoms with Crippen molar-refractivity contribution in [2.24, 2.45) is 4.99 Å². The summed E-state index contributed by atoms with van der Waals surface area (Å²) in [5, 5.41) is 6.60. The summed E-state index contributed by atoms with van der Waals surface area (Å²) in [6.45, 7) is 7.96. The van der Waals surface area contributed by atoms with E-state index in [2.05, 4.69) is 29.5 Å². The summed E-state index contributed by atoms with van der Waals surface area (Å²) in [5.41, 5.74) is 0. The van der Waals surface area contributed by atoms with Crippen LogP contribution in [-0.2, 0) is 10.0 Å². The lowest BCUT2D eigenvalue weighted by Gasteiger charge is -2.20. The Bertz CT molecular complexity index is 410. The Kier molecular flexibility index (Phi) is 11.3. The minimum Gasteiger partial charge on any atom is -0.356 e. The summed E-state index contributed by atoms with van der Waals surface area (Å²) in [5.74, 6) is 0.784. The first kappa shape index (κ1) is 21.2. The molecule has 0 amide bonds.